The van der Waals surface area contributed by atoms with E-state index in [0.29, 0.717) is 0 Å². The van der Waals surface area contributed by atoms with Gasteiger partial charge in [0.2, 0.25) is 0 Å². The van der Waals surface area contributed by atoms with Crippen LogP contribution in [0.1, 0.15) is 13.8 Å². The summed E-state index contributed by atoms with van der Waals surface area (Å²) in [6, 6.07) is 0. The molecule has 0 aliphatic rings. The van der Waals surface area contributed by atoms with E-state index in [9.17, 15) is 4.79 Å². The first-order chi connectivity index (χ1) is 4.27. The van der Waals surface area contributed by atoms with Crippen LogP contribution in [0.5, 0.6) is 0 Å². The van der Waals surface area contributed by atoms with Gasteiger partial charge in [-0.1, -0.05) is 13.0 Å². The number of hydrogen-bond acceptors (Lipinski definition) is 2. The molecule has 0 aliphatic carbocycles. The quantitative estimate of drug-likeness (QED) is 0.446. The molecule has 1 N–H and O–H groups in total. The maximum Gasteiger partial charge on any atom is 0.152 e. The minimum absolute atomic E-state index is 0.105. The molecule has 0 rings (SSSR count). The molecule has 0 aromatic rings. The van der Waals surface area contributed by atoms with Gasteiger partial charge in [0.15, 0.2) is 5.78 Å². The Bertz CT molecular complexity index is 107. The van der Waals surface area contributed by atoms with Crippen molar-refractivity contribution < 1.29 is 4.79 Å². The number of carbonyl (C=O) groups is 1. The molecular formula is C7H13NO. The lowest BCUT2D eigenvalue weighted by atomic mass is 10.4. The lowest BCUT2D eigenvalue weighted by molar-refractivity contribution is -0.112. The number of likely N-dealkylation sites (N-methyl/N-ethyl adjacent to an activating group) is 1. The number of nitrogens with one attached hydrogen (secondary N) is 1. The summed E-state index contributed by atoms with van der Waals surface area (Å²) >= 11 is 0. The molecule has 0 saturated heterocycles. The Balaban J connectivity index is 3.15. The molecule has 0 radical (unpaired) electrons. The highest BCUT2D eigenvalue weighted by Crippen LogP contribution is 1.72. The summed E-state index contributed by atoms with van der Waals surface area (Å²) in [5.74, 6) is 0.105. The van der Waals surface area contributed by atoms with Gasteiger partial charge >= 0.3 is 0 Å². The average molecular weight is 127 g/mol. The molecule has 2 nitrogen and oxygen atoms in total. The van der Waals surface area contributed by atoms with Crippen molar-refractivity contribution in [2.45, 2.75) is 13.8 Å². The normalized spacial score (nSPS) is 10.4. The van der Waals surface area contributed by atoms with Crippen LogP contribution in [0.2, 0.25) is 0 Å². The summed E-state index contributed by atoms with van der Waals surface area (Å²) in [5, 5.41) is 3.06. The van der Waals surface area contributed by atoms with Crippen molar-refractivity contribution >= 4 is 5.78 Å². The van der Waals surface area contributed by atoms with Gasteiger partial charge in [-0.2, -0.15) is 0 Å². The van der Waals surface area contributed by atoms with E-state index in [-0.39, 0.29) is 5.78 Å². The van der Waals surface area contributed by atoms with E-state index in [4.69, 9.17) is 0 Å². The standard InChI is InChI=1S/C7H13NO/c1-3-8-6-4-5-7(2)9/h4-5,8H,3,6H2,1-2H3. The zero-order chi connectivity index (χ0) is 7.11. The van der Waals surface area contributed by atoms with Crippen molar-refractivity contribution in [3.63, 3.8) is 0 Å². The third kappa shape index (κ3) is 7.37. The number of rotatable bonds is 4. The van der Waals surface area contributed by atoms with Gasteiger partial charge in [-0.3, -0.25) is 4.79 Å². The number of allylic oxidation sites excluding steroid dienone is 1. The lowest BCUT2D eigenvalue weighted by Gasteiger charge is -1.90. The van der Waals surface area contributed by atoms with E-state index in [0.717, 1.165) is 13.1 Å². The Kier molecular flexibility index (Phi) is 5.12. The fourth-order valence-electron chi connectivity index (χ4n) is 0.453. The predicted octanol–water partition coefficient (Wildman–Crippen LogP) is 0.741. The largest absolute Gasteiger partial charge is 0.314 e. The second kappa shape index (κ2) is 5.51. The van der Waals surface area contributed by atoms with Gasteiger partial charge in [0, 0.05) is 6.54 Å². The van der Waals surface area contributed by atoms with Gasteiger partial charge in [-0.05, 0) is 19.5 Å². The molecule has 9 heavy (non-hydrogen) atoms. The highest BCUT2D eigenvalue weighted by atomic mass is 16.1. The van der Waals surface area contributed by atoms with Crippen LogP contribution in [-0.4, -0.2) is 18.9 Å². The third-order valence-electron chi connectivity index (χ3n) is 0.865. The summed E-state index contributed by atoms with van der Waals surface area (Å²) < 4.78 is 0. The first kappa shape index (κ1) is 8.37. The number of carbonyl (C=O) groups excluding carboxylic acids is 1. The molecule has 2 heteroatoms. The van der Waals surface area contributed by atoms with Crippen molar-refractivity contribution in [1.82, 2.24) is 5.32 Å². The van der Waals surface area contributed by atoms with Crippen molar-refractivity contribution in [3.05, 3.63) is 12.2 Å². The van der Waals surface area contributed by atoms with Crippen LogP contribution in [-0.2, 0) is 4.79 Å². The van der Waals surface area contributed by atoms with E-state index in [1.165, 1.54) is 0 Å². The second-order valence-electron chi connectivity index (χ2n) is 1.82. The molecule has 0 saturated carbocycles. The smallest absolute Gasteiger partial charge is 0.152 e. The van der Waals surface area contributed by atoms with E-state index < -0.39 is 0 Å². The predicted molar refractivity (Wildman–Crippen MR) is 38.4 cm³/mol. The fraction of sp³-hybridized carbons (Fsp3) is 0.571. The van der Waals surface area contributed by atoms with E-state index in [1.807, 2.05) is 13.0 Å². The molecule has 0 bridgehead atoms. The van der Waals surface area contributed by atoms with E-state index in [1.54, 1.807) is 13.0 Å². The second-order valence-corrected chi connectivity index (χ2v) is 1.82. The van der Waals surface area contributed by atoms with Crippen molar-refractivity contribution in [1.29, 1.82) is 0 Å². The van der Waals surface area contributed by atoms with Gasteiger partial charge in [0.05, 0.1) is 0 Å². The van der Waals surface area contributed by atoms with Crippen molar-refractivity contribution in [2.24, 2.45) is 0 Å². The Labute approximate surface area is 56.0 Å². The van der Waals surface area contributed by atoms with Gasteiger partial charge in [0.25, 0.3) is 0 Å². The molecule has 0 amide bonds. The first-order valence-electron chi connectivity index (χ1n) is 3.15. The molecule has 0 heterocycles. The molecule has 0 unspecified atom stereocenters. The Morgan fingerprint density at radius 3 is 2.78 bits per heavy atom. The summed E-state index contributed by atoms with van der Waals surface area (Å²) in [6.07, 6.45) is 3.40. The summed E-state index contributed by atoms with van der Waals surface area (Å²) in [4.78, 5) is 10.3. The van der Waals surface area contributed by atoms with Crippen LogP contribution in [0.4, 0.5) is 0 Å². The molecule has 0 fully saturated rings. The summed E-state index contributed by atoms with van der Waals surface area (Å²) in [7, 11) is 0. The zero-order valence-electron chi connectivity index (χ0n) is 5.98. The minimum atomic E-state index is 0.105. The molecule has 0 aromatic carbocycles. The van der Waals surface area contributed by atoms with Gasteiger partial charge in [-0.25, -0.2) is 0 Å². The van der Waals surface area contributed by atoms with Crippen LogP contribution in [0, 0.1) is 0 Å². The molecule has 52 valence electrons. The molecule has 0 aliphatic heterocycles. The Morgan fingerprint density at radius 2 is 2.33 bits per heavy atom. The number of hydrogen-bond donors (Lipinski definition) is 1. The van der Waals surface area contributed by atoms with Crippen molar-refractivity contribution in [3.8, 4) is 0 Å². The first-order valence-corrected chi connectivity index (χ1v) is 3.15. The maximum absolute atomic E-state index is 10.3. The molecular weight excluding hydrogens is 114 g/mol. The molecule has 0 spiro atoms. The Morgan fingerprint density at radius 1 is 1.67 bits per heavy atom. The van der Waals surface area contributed by atoms with Crippen molar-refractivity contribution in [2.75, 3.05) is 13.1 Å². The topological polar surface area (TPSA) is 29.1 Å². The van der Waals surface area contributed by atoms with E-state index >= 15 is 0 Å². The highest BCUT2D eigenvalue weighted by Gasteiger charge is 1.79. The third-order valence-corrected chi connectivity index (χ3v) is 0.865. The SMILES string of the molecule is CCNCC=CC(C)=O. The lowest BCUT2D eigenvalue weighted by Crippen LogP contribution is -2.11. The monoisotopic (exact) mass is 127 g/mol. The van der Waals surface area contributed by atoms with Crippen LogP contribution >= 0.6 is 0 Å². The van der Waals surface area contributed by atoms with Crippen LogP contribution in [0.15, 0.2) is 12.2 Å². The Hall–Kier alpha value is -0.630. The van der Waals surface area contributed by atoms with Gasteiger partial charge in [-0.15, -0.1) is 0 Å². The highest BCUT2D eigenvalue weighted by molar-refractivity contribution is 5.87. The van der Waals surface area contributed by atoms with E-state index in [2.05, 4.69) is 5.32 Å². The van der Waals surface area contributed by atoms with Crippen LogP contribution in [0.25, 0.3) is 0 Å². The van der Waals surface area contributed by atoms with Gasteiger partial charge < -0.3 is 5.32 Å². The fourth-order valence-corrected chi connectivity index (χ4v) is 0.453. The number of ketones is 1. The summed E-state index contributed by atoms with van der Waals surface area (Å²) in [5.41, 5.74) is 0. The van der Waals surface area contributed by atoms with Crippen LogP contribution < -0.4 is 5.32 Å². The van der Waals surface area contributed by atoms with Gasteiger partial charge in [0.1, 0.15) is 0 Å². The summed E-state index contributed by atoms with van der Waals surface area (Å²) in [6.45, 7) is 5.31. The zero-order valence-corrected chi connectivity index (χ0v) is 5.98. The molecule has 0 atom stereocenters. The maximum atomic E-state index is 10.3. The minimum Gasteiger partial charge on any atom is -0.314 e. The molecule has 0 aromatic heterocycles. The van der Waals surface area contributed by atoms with Crippen LogP contribution in [0.3, 0.4) is 0 Å². The average Bonchev–Trinajstić information content (AvgIpc) is 1.80.